The van der Waals surface area contributed by atoms with Gasteiger partial charge in [0.25, 0.3) is 0 Å². The molecule has 2 nitrogen and oxygen atoms in total. The number of rotatable bonds is 5. The second-order valence-electron chi connectivity index (χ2n) is 3.53. The SMILES string of the molecule is CC(C)NCCSc1ccc(N)cc1. The van der Waals surface area contributed by atoms with Crippen molar-refractivity contribution in [3.8, 4) is 0 Å². The lowest BCUT2D eigenvalue weighted by Gasteiger charge is -2.07. The molecule has 0 atom stereocenters. The van der Waals surface area contributed by atoms with E-state index in [2.05, 4.69) is 31.3 Å². The van der Waals surface area contributed by atoms with Gasteiger partial charge in [-0.3, -0.25) is 0 Å². The average Bonchev–Trinajstić information content (AvgIpc) is 2.15. The molecule has 0 radical (unpaired) electrons. The van der Waals surface area contributed by atoms with Crippen LogP contribution in [0.3, 0.4) is 0 Å². The molecule has 0 saturated heterocycles. The van der Waals surface area contributed by atoms with Gasteiger partial charge in [-0.05, 0) is 24.3 Å². The first-order chi connectivity index (χ1) is 6.68. The van der Waals surface area contributed by atoms with Gasteiger partial charge in [-0.2, -0.15) is 0 Å². The predicted molar refractivity (Wildman–Crippen MR) is 64.7 cm³/mol. The fourth-order valence-electron chi connectivity index (χ4n) is 1.08. The maximum absolute atomic E-state index is 5.60. The van der Waals surface area contributed by atoms with E-state index in [1.807, 2.05) is 23.9 Å². The molecule has 0 amide bonds. The lowest BCUT2D eigenvalue weighted by molar-refractivity contribution is 0.616. The van der Waals surface area contributed by atoms with E-state index in [1.54, 1.807) is 0 Å². The standard InChI is InChI=1S/C11H18N2S/c1-9(2)13-7-8-14-11-5-3-10(12)4-6-11/h3-6,9,13H,7-8,12H2,1-2H3. The maximum atomic E-state index is 5.60. The highest BCUT2D eigenvalue weighted by Gasteiger charge is 1.94. The first-order valence-electron chi connectivity index (χ1n) is 4.90. The molecular formula is C11H18N2S. The third-order valence-corrected chi connectivity index (χ3v) is 2.82. The van der Waals surface area contributed by atoms with Gasteiger partial charge in [0.15, 0.2) is 0 Å². The van der Waals surface area contributed by atoms with Crippen molar-refractivity contribution in [3.63, 3.8) is 0 Å². The summed E-state index contributed by atoms with van der Waals surface area (Å²) in [5.74, 6) is 1.10. The molecule has 0 aliphatic carbocycles. The predicted octanol–water partition coefficient (Wildman–Crippen LogP) is 2.36. The molecule has 0 unspecified atom stereocenters. The second kappa shape index (κ2) is 5.94. The molecule has 3 N–H and O–H groups in total. The number of nitrogens with two attached hydrogens (primary N) is 1. The largest absolute Gasteiger partial charge is 0.399 e. The minimum absolute atomic E-state index is 0.571. The normalized spacial score (nSPS) is 10.8. The van der Waals surface area contributed by atoms with E-state index < -0.39 is 0 Å². The summed E-state index contributed by atoms with van der Waals surface area (Å²) in [6.45, 7) is 5.37. The summed E-state index contributed by atoms with van der Waals surface area (Å²) in [6.07, 6.45) is 0. The average molecular weight is 210 g/mol. The van der Waals surface area contributed by atoms with Crippen LogP contribution < -0.4 is 11.1 Å². The number of thioether (sulfide) groups is 1. The molecule has 1 aromatic rings. The fourth-order valence-corrected chi connectivity index (χ4v) is 1.86. The second-order valence-corrected chi connectivity index (χ2v) is 4.69. The summed E-state index contributed by atoms with van der Waals surface area (Å²) in [5, 5.41) is 3.38. The first kappa shape index (κ1) is 11.4. The van der Waals surface area contributed by atoms with Crippen molar-refractivity contribution in [1.29, 1.82) is 0 Å². The third kappa shape index (κ3) is 4.53. The summed E-state index contributed by atoms with van der Waals surface area (Å²) in [7, 11) is 0. The molecular weight excluding hydrogens is 192 g/mol. The van der Waals surface area contributed by atoms with Crippen molar-refractivity contribution in [2.45, 2.75) is 24.8 Å². The highest BCUT2D eigenvalue weighted by atomic mass is 32.2. The summed E-state index contributed by atoms with van der Waals surface area (Å²) in [4.78, 5) is 1.28. The summed E-state index contributed by atoms with van der Waals surface area (Å²) >= 11 is 1.85. The van der Waals surface area contributed by atoms with Gasteiger partial charge in [-0.15, -0.1) is 11.8 Å². The Bertz CT molecular complexity index is 256. The van der Waals surface area contributed by atoms with Crippen LogP contribution in [0.25, 0.3) is 0 Å². The van der Waals surface area contributed by atoms with Gasteiger partial charge in [-0.25, -0.2) is 0 Å². The summed E-state index contributed by atoms with van der Waals surface area (Å²) in [5.41, 5.74) is 6.43. The summed E-state index contributed by atoms with van der Waals surface area (Å²) < 4.78 is 0. The Morgan fingerprint density at radius 3 is 2.50 bits per heavy atom. The number of nitrogens with one attached hydrogen (secondary N) is 1. The third-order valence-electron chi connectivity index (χ3n) is 1.80. The van der Waals surface area contributed by atoms with E-state index in [-0.39, 0.29) is 0 Å². The molecule has 3 heteroatoms. The molecule has 0 bridgehead atoms. The topological polar surface area (TPSA) is 38.0 Å². The van der Waals surface area contributed by atoms with Gasteiger partial charge >= 0.3 is 0 Å². The molecule has 0 heterocycles. The van der Waals surface area contributed by atoms with Crippen LogP contribution in [0.2, 0.25) is 0 Å². The minimum Gasteiger partial charge on any atom is -0.399 e. The Morgan fingerprint density at radius 2 is 1.93 bits per heavy atom. The highest BCUT2D eigenvalue weighted by Crippen LogP contribution is 2.18. The van der Waals surface area contributed by atoms with Crippen LogP contribution >= 0.6 is 11.8 Å². The van der Waals surface area contributed by atoms with Crippen LogP contribution in [0.15, 0.2) is 29.2 Å². The smallest absolute Gasteiger partial charge is 0.0314 e. The van der Waals surface area contributed by atoms with Crippen LogP contribution in [-0.2, 0) is 0 Å². The van der Waals surface area contributed by atoms with Crippen molar-refractivity contribution >= 4 is 17.4 Å². The van der Waals surface area contributed by atoms with E-state index in [0.717, 1.165) is 18.0 Å². The molecule has 0 saturated carbocycles. The van der Waals surface area contributed by atoms with E-state index in [0.29, 0.717) is 6.04 Å². The zero-order valence-corrected chi connectivity index (χ0v) is 9.60. The number of anilines is 1. The fraction of sp³-hybridized carbons (Fsp3) is 0.455. The number of benzene rings is 1. The van der Waals surface area contributed by atoms with Gasteiger partial charge in [0.1, 0.15) is 0 Å². The number of hydrogen-bond acceptors (Lipinski definition) is 3. The van der Waals surface area contributed by atoms with Crippen LogP contribution in [0.1, 0.15) is 13.8 Å². The van der Waals surface area contributed by atoms with Crippen LogP contribution in [-0.4, -0.2) is 18.3 Å². The molecule has 0 aromatic heterocycles. The minimum atomic E-state index is 0.571. The molecule has 78 valence electrons. The number of hydrogen-bond donors (Lipinski definition) is 2. The van der Waals surface area contributed by atoms with E-state index in [9.17, 15) is 0 Å². The quantitative estimate of drug-likeness (QED) is 0.445. The van der Waals surface area contributed by atoms with Crippen LogP contribution in [0.5, 0.6) is 0 Å². The zero-order valence-electron chi connectivity index (χ0n) is 8.79. The van der Waals surface area contributed by atoms with Crippen molar-refractivity contribution in [3.05, 3.63) is 24.3 Å². The van der Waals surface area contributed by atoms with Gasteiger partial charge in [0.2, 0.25) is 0 Å². The molecule has 1 aromatic carbocycles. The lowest BCUT2D eigenvalue weighted by atomic mass is 10.3. The Kier molecular flexibility index (Phi) is 4.84. The highest BCUT2D eigenvalue weighted by molar-refractivity contribution is 7.99. The Balaban J connectivity index is 2.21. The van der Waals surface area contributed by atoms with E-state index >= 15 is 0 Å². The Labute approximate surface area is 90.3 Å². The Morgan fingerprint density at radius 1 is 1.29 bits per heavy atom. The van der Waals surface area contributed by atoms with Gasteiger partial charge in [0, 0.05) is 28.9 Å². The zero-order chi connectivity index (χ0) is 10.4. The first-order valence-corrected chi connectivity index (χ1v) is 5.89. The van der Waals surface area contributed by atoms with E-state index in [1.165, 1.54) is 4.90 Å². The maximum Gasteiger partial charge on any atom is 0.0314 e. The molecule has 1 rings (SSSR count). The Hall–Kier alpha value is -0.670. The van der Waals surface area contributed by atoms with Crippen LogP contribution in [0, 0.1) is 0 Å². The molecule has 0 fully saturated rings. The molecule has 0 aliphatic rings. The van der Waals surface area contributed by atoms with Crippen molar-refractivity contribution in [1.82, 2.24) is 5.32 Å². The van der Waals surface area contributed by atoms with E-state index in [4.69, 9.17) is 5.73 Å². The summed E-state index contributed by atoms with van der Waals surface area (Å²) in [6, 6.07) is 8.59. The monoisotopic (exact) mass is 210 g/mol. The van der Waals surface area contributed by atoms with Gasteiger partial charge < -0.3 is 11.1 Å². The lowest BCUT2D eigenvalue weighted by Crippen LogP contribution is -2.24. The van der Waals surface area contributed by atoms with Crippen molar-refractivity contribution < 1.29 is 0 Å². The van der Waals surface area contributed by atoms with Gasteiger partial charge in [-0.1, -0.05) is 13.8 Å². The molecule has 0 spiro atoms. The van der Waals surface area contributed by atoms with Gasteiger partial charge in [0.05, 0.1) is 0 Å². The molecule has 0 aliphatic heterocycles. The van der Waals surface area contributed by atoms with Crippen molar-refractivity contribution in [2.75, 3.05) is 18.0 Å². The number of nitrogen functional groups attached to an aromatic ring is 1. The van der Waals surface area contributed by atoms with Crippen LogP contribution in [0.4, 0.5) is 5.69 Å². The van der Waals surface area contributed by atoms with Crippen molar-refractivity contribution in [2.24, 2.45) is 0 Å². The molecule has 14 heavy (non-hydrogen) atoms.